The highest BCUT2D eigenvalue weighted by Gasteiger charge is 2.25. The van der Waals surface area contributed by atoms with Gasteiger partial charge in [-0.15, -0.1) is 11.8 Å². The van der Waals surface area contributed by atoms with Crippen LogP contribution < -0.4 is 4.90 Å². The number of nitrogens with zero attached hydrogens (tertiary/aromatic N) is 1. The summed E-state index contributed by atoms with van der Waals surface area (Å²) in [5.74, 6) is 0.230. The molecule has 19 heavy (non-hydrogen) atoms. The van der Waals surface area contributed by atoms with Gasteiger partial charge >= 0.3 is 0 Å². The summed E-state index contributed by atoms with van der Waals surface area (Å²) in [7, 11) is 0. The summed E-state index contributed by atoms with van der Waals surface area (Å²) in [5.41, 5.74) is 1.18. The van der Waals surface area contributed by atoms with Gasteiger partial charge in [0.25, 0.3) is 0 Å². The normalized spacial score (nSPS) is 19.5. The minimum Gasteiger partial charge on any atom is -0.367 e. The number of morpholine rings is 1. The number of Topliss-reactive ketones (excluding diaryl/α,β-unsaturated/α-hetero) is 1. The van der Waals surface area contributed by atoms with Crippen LogP contribution in [-0.4, -0.2) is 37.8 Å². The summed E-state index contributed by atoms with van der Waals surface area (Å²) < 4.78 is 5.59. The Balaban J connectivity index is 2.01. The first-order valence-corrected chi connectivity index (χ1v) is 8.00. The van der Waals surface area contributed by atoms with Crippen LogP contribution >= 0.6 is 11.8 Å². The number of carbonyl (C=O) groups is 1. The Hall–Kier alpha value is -1.00. The maximum atomic E-state index is 11.9. The van der Waals surface area contributed by atoms with Crippen LogP contribution in [0.1, 0.15) is 19.8 Å². The molecule has 1 aromatic rings. The molecule has 1 aromatic carbocycles. The van der Waals surface area contributed by atoms with Gasteiger partial charge in [0, 0.05) is 23.5 Å². The van der Waals surface area contributed by atoms with Crippen molar-refractivity contribution in [3.05, 3.63) is 24.3 Å². The number of anilines is 1. The van der Waals surface area contributed by atoms with Gasteiger partial charge in [-0.05, 0) is 36.9 Å². The highest BCUT2D eigenvalue weighted by atomic mass is 32.2. The molecule has 0 amide bonds. The Bertz CT molecular complexity index is 419. The molecular weight excluding hydrogens is 258 g/mol. The zero-order chi connectivity index (χ0) is 13.7. The van der Waals surface area contributed by atoms with Crippen molar-refractivity contribution >= 4 is 23.2 Å². The molecule has 1 aliphatic rings. The van der Waals surface area contributed by atoms with Crippen LogP contribution in [0.15, 0.2) is 29.2 Å². The molecule has 0 radical (unpaired) electrons. The smallest absolute Gasteiger partial charge is 0.163 e. The van der Waals surface area contributed by atoms with Gasteiger partial charge in [-0.3, -0.25) is 4.79 Å². The summed E-state index contributed by atoms with van der Waals surface area (Å²) >= 11 is 1.74. The first-order chi connectivity index (χ1) is 9.24. The van der Waals surface area contributed by atoms with E-state index in [1.54, 1.807) is 11.8 Å². The average Bonchev–Trinajstić information content (AvgIpc) is 2.48. The molecule has 4 heteroatoms. The summed E-state index contributed by atoms with van der Waals surface area (Å²) in [6, 6.07) is 8.49. The SMILES string of the molecule is CCCC(=O)C1CN(c2ccc(SC)cc2)CCO1. The minimum absolute atomic E-state index is 0.230. The van der Waals surface area contributed by atoms with Crippen LogP contribution in [0.25, 0.3) is 0 Å². The molecular formula is C15H21NO2S. The van der Waals surface area contributed by atoms with Crippen LogP contribution in [0.3, 0.4) is 0 Å². The molecule has 1 aliphatic heterocycles. The number of ether oxygens (including phenoxy) is 1. The second-order valence-corrected chi connectivity index (χ2v) is 5.60. The quantitative estimate of drug-likeness (QED) is 0.775. The van der Waals surface area contributed by atoms with E-state index < -0.39 is 0 Å². The van der Waals surface area contributed by atoms with Crippen molar-refractivity contribution in [3.8, 4) is 0 Å². The lowest BCUT2D eigenvalue weighted by atomic mass is 10.1. The Morgan fingerprint density at radius 3 is 2.79 bits per heavy atom. The monoisotopic (exact) mass is 279 g/mol. The van der Waals surface area contributed by atoms with Crippen molar-refractivity contribution in [2.75, 3.05) is 30.9 Å². The molecule has 2 rings (SSSR count). The molecule has 0 aromatic heterocycles. The van der Waals surface area contributed by atoms with E-state index in [4.69, 9.17) is 4.74 Å². The predicted octanol–water partition coefficient (Wildman–Crippen LogP) is 2.98. The molecule has 104 valence electrons. The molecule has 1 saturated heterocycles. The minimum atomic E-state index is -0.256. The maximum absolute atomic E-state index is 11.9. The second kappa shape index (κ2) is 6.96. The van der Waals surface area contributed by atoms with Gasteiger partial charge in [-0.2, -0.15) is 0 Å². The fourth-order valence-corrected chi connectivity index (χ4v) is 2.69. The van der Waals surface area contributed by atoms with Gasteiger partial charge in [0.2, 0.25) is 0 Å². The highest BCUT2D eigenvalue weighted by molar-refractivity contribution is 7.98. The molecule has 1 fully saturated rings. The van der Waals surface area contributed by atoms with E-state index in [1.165, 1.54) is 10.6 Å². The summed E-state index contributed by atoms with van der Waals surface area (Å²) in [6.45, 7) is 4.19. The third-order valence-electron chi connectivity index (χ3n) is 3.36. The van der Waals surface area contributed by atoms with E-state index in [-0.39, 0.29) is 11.9 Å². The fourth-order valence-electron chi connectivity index (χ4n) is 2.28. The van der Waals surface area contributed by atoms with Crippen molar-refractivity contribution in [3.63, 3.8) is 0 Å². The van der Waals surface area contributed by atoms with E-state index in [2.05, 4.69) is 35.4 Å². The molecule has 1 unspecified atom stereocenters. The molecule has 0 saturated carbocycles. The van der Waals surface area contributed by atoms with Crippen LogP contribution in [0, 0.1) is 0 Å². The average molecular weight is 279 g/mol. The zero-order valence-corrected chi connectivity index (χ0v) is 12.4. The van der Waals surface area contributed by atoms with Crippen molar-refractivity contribution in [1.82, 2.24) is 0 Å². The van der Waals surface area contributed by atoms with Gasteiger partial charge in [-0.1, -0.05) is 6.92 Å². The molecule has 0 N–H and O–H groups in total. The van der Waals surface area contributed by atoms with Gasteiger partial charge in [0.05, 0.1) is 13.2 Å². The largest absolute Gasteiger partial charge is 0.367 e. The van der Waals surface area contributed by atoms with Crippen molar-refractivity contribution in [2.45, 2.75) is 30.8 Å². The Kier molecular flexibility index (Phi) is 5.28. The van der Waals surface area contributed by atoms with Gasteiger partial charge in [-0.25, -0.2) is 0 Å². The van der Waals surface area contributed by atoms with Gasteiger partial charge in [0.1, 0.15) is 6.10 Å². The van der Waals surface area contributed by atoms with Crippen molar-refractivity contribution in [1.29, 1.82) is 0 Å². The molecule has 0 spiro atoms. The first kappa shape index (κ1) is 14.4. The summed E-state index contributed by atoms with van der Waals surface area (Å²) in [5, 5.41) is 0. The zero-order valence-electron chi connectivity index (χ0n) is 11.6. The molecule has 1 heterocycles. The predicted molar refractivity (Wildman–Crippen MR) is 80.1 cm³/mol. The van der Waals surface area contributed by atoms with Crippen LogP contribution in [-0.2, 0) is 9.53 Å². The van der Waals surface area contributed by atoms with Crippen LogP contribution in [0.5, 0.6) is 0 Å². The van der Waals surface area contributed by atoms with Gasteiger partial charge in [0.15, 0.2) is 5.78 Å². The fraction of sp³-hybridized carbons (Fsp3) is 0.533. The van der Waals surface area contributed by atoms with E-state index in [1.807, 2.05) is 6.92 Å². The number of rotatable bonds is 5. The maximum Gasteiger partial charge on any atom is 0.163 e. The van der Waals surface area contributed by atoms with E-state index in [0.29, 0.717) is 19.6 Å². The number of thioether (sulfide) groups is 1. The Labute approximate surface area is 119 Å². The third kappa shape index (κ3) is 3.74. The van der Waals surface area contributed by atoms with Crippen LogP contribution in [0.4, 0.5) is 5.69 Å². The molecule has 0 bridgehead atoms. The number of hydrogen-bond acceptors (Lipinski definition) is 4. The van der Waals surface area contributed by atoms with E-state index in [0.717, 1.165) is 13.0 Å². The highest BCUT2D eigenvalue weighted by Crippen LogP contribution is 2.22. The second-order valence-electron chi connectivity index (χ2n) is 4.72. The lowest BCUT2D eigenvalue weighted by molar-refractivity contribution is -0.131. The summed E-state index contributed by atoms with van der Waals surface area (Å²) in [6.07, 6.45) is 3.32. The Morgan fingerprint density at radius 2 is 2.16 bits per heavy atom. The lowest BCUT2D eigenvalue weighted by Gasteiger charge is -2.33. The van der Waals surface area contributed by atoms with E-state index >= 15 is 0 Å². The standard InChI is InChI=1S/C15H21NO2S/c1-3-4-14(17)15-11-16(9-10-18-15)12-5-7-13(19-2)8-6-12/h5-8,15H,3-4,9-11H2,1-2H3. The van der Waals surface area contributed by atoms with Crippen molar-refractivity contribution in [2.24, 2.45) is 0 Å². The number of hydrogen-bond donors (Lipinski definition) is 0. The lowest BCUT2D eigenvalue weighted by Crippen LogP contribution is -2.46. The molecule has 3 nitrogen and oxygen atoms in total. The van der Waals surface area contributed by atoms with Crippen molar-refractivity contribution < 1.29 is 9.53 Å². The number of benzene rings is 1. The molecule has 1 atom stereocenters. The van der Waals surface area contributed by atoms with E-state index in [9.17, 15) is 4.79 Å². The molecule has 0 aliphatic carbocycles. The van der Waals surface area contributed by atoms with Gasteiger partial charge < -0.3 is 9.64 Å². The first-order valence-electron chi connectivity index (χ1n) is 6.78. The third-order valence-corrected chi connectivity index (χ3v) is 4.10. The topological polar surface area (TPSA) is 29.5 Å². The number of ketones is 1. The van der Waals surface area contributed by atoms with Crippen LogP contribution in [0.2, 0.25) is 0 Å². The summed E-state index contributed by atoms with van der Waals surface area (Å²) in [4.78, 5) is 15.4. The Morgan fingerprint density at radius 1 is 1.42 bits per heavy atom. The number of carbonyl (C=O) groups excluding carboxylic acids is 1.